The molecular formula is C11H11F3N2O2S. The van der Waals surface area contributed by atoms with E-state index in [4.69, 9.17) is 5.26 Å². The van der Waals surface area contributed by atoms with Gasteiger partial charge in [-0.15, -0.1) is 0 Å². The van der Waals surface area contributed by atoms with Gasteiger partial charge in [-0.25, -0.2) is 13.1 Å². The summed E-state index contributed by atoms with van der Waals surface area (Å²) in [6.45, 7) is 0.641. The average molecular weight is 292 g/mol. The first-order valence-corrected chi connectivity index (χ1v) is 6.76. The summed E-state index contributed by atoms with van der Waals surface area (Å²) in [5.74, 6) is 0. The SMILES string of the molecule is CC(C#N)S(=O)(=O)NCc1ccccc1C(F)(F)F. The van der Waals surface area contributed by atoms with Gasteiger partial charge in [-0.05, 0) is 18.6 Å². The van der Waals surface area contributed by atoms with Crippen molar-refractivity contribution in [2.75, 3.05) is 0 Å². The van der Waals surface area contributed by atoms with Crippen LogP contribution in [0, 0.1) is 11.3 Å². The number of alkyl halides is 3. The molecule has 0 amide bonds. The molecule has 0 saturated heterocycles. The molecular weight excluding hydrogens is 281 g/mol. The molecule has 0 spiro atoms. The Kier molecular flexibility index (Phi) is 4.55. The van der Waals surface area contributed by atoms with Crippen LogP contribution in [0.3, 0.4) is 0 Å². The molecule has 1 rings (SSSR count). The first kappa shape index (κ1) is 15.5. The molecule has 0 aliphatic carbocycles. The third-order valence-electron chi connectivity index (χ3n) is 2.43. The van der Waals surface area contributed by atoms with Gasteiger partial charge in [0.2, 0.25) is 10.0 Å². The zero-order chi connectivity index (χ0) is 14.7. The minimum absolute atomic E-state index is 0.191. The van der Waals surface area contributed by atoms with E-state index >= 15 is 0 Å². The van der Waals surface area contributed by atoms with E-state index in [-0.39, 0.29) is 5.56 Å². The molecule has 1 N–H and O–H groups in total. The molecule has 0 aliphatic rings. The molecule has 1 atom stereocenters. The number of rotatable bonds is 4. The lowest BCUT2D eigenvalue weighted by molar-refractivity contribution is -0.138. The van der Waals surface area contributed by atoms with Crippen molar-refractivity contribution in [3.05, 3.63) is 35.4 Å². The van der Waals surface area contributed by atoms with Gasteiger partial charge in [-0.2, -0.15) is 18.4 Å². The first-order chi connectivity index (χ1) is 8.68. The van der Waals surface area contributed by atoms with Crippen LogP contribution >= 0.6 is 0 Å². The summed E-state index contributed by atoms with van der Waals surface area (Å²) in [7, 11) is -3.95. The van der Waals surface area contributed by atoms with E-state index in [1.807, 2.05) is 4.72 Å². The monoisotopic (exact) mass is 292 g/mol. The number of hydrogen-bond acceptors (Lipinski definition) is 3. The van der Waals surface area contributed by atoms with Gasteiger partial charge in [0, 0.05) is 6.54 Å². The van der Waals surface area contributed by atoms with Crippen molar-refractivity contribution in [1.29, 1.82) is 5.26 Å². The lowest BCUT2D eigenvalue weighted by atomic mass is 10.1. The zero-order valence-electron chi connectivity index (χ0n) is 9.90. The Morgan fingerprint density at radius 2 is 1.95 bits per heavy atom. The second-order valence-corrected chi connectivity index (χ2v) is 5.88. The molecule has 0 heterocycles. The molecule has 104 valence electrons. The molecule has 8 heteroatoms. The van der Waals surface area contributed by atoms with E-state index in [1.54, 1.807) is 0 Å². The summed E-state index contributed by atoms with van der Waals surface area (Å²) < 4.78 is 62.9. The second-order valence-electron chi connectivity index (χ2n) is 3.79. The molecule has 0 bridgehead atoms. The minimum Gasteiger partial charge on any atom is -0.211 e. The molecule has 4 nitrogen and oxygen atoms in total. The maximum atomic E-state index is 12.7. The van der Waals surface area contributed by atoms with Crippen LogP contribution < -0.4 is 4.72 Å². The zero-order valence-corrected chi connectivity index (χ0v) is 10.7. The normalized spacial score (nSPS) is 13.8. The summed E-state index contributed by atoms with van der Waals surface area (Å²) in [4.78, 5) is 0. The van der Waals surface area contributed by atoms with Crippen molar-refractivity contribution < 1.29 is 21.6 Å². The van der Waals surface area contributed by atoms with Crippen LogP contribution in [0.1, 0.15) is 18.1 Å². The third kappa shape index (κ3) is 3.94. The predicted octanol–water partition coefficient (Wildman–Crippen LogP) is 2.04. The number of nitriles is 1. The van der Waals surface area contributed by atoms with E-state index in [2.05, 4.69) is 0 Å². The number of sulfonamides is 1. The van der Waals surface area contributed by atoms with Crippen molar-refractivity contribution >= 4 is 10.0 Å². The van der Waals surface area contributed by atoms with E-state index < -0.39 is 33.6 Å². The highest BCUT2D eigenvalue weighted by atomic mass is 32.2. The number of halogens is 3. The maximum Gasteiger partial charge on any atom is 0.416 e. The van der Waals surface area contributed by atoms with Crippen LogP contribution in [0.25, 0.3) is 0 Å². The lowest BCUT2D eigenvalue weighted by Crippen LogP contribution is -2.31. The number of nitrogens with one attached hydrogen (secondary N) is 1. The molecule has 0 aromatic heterocycles. The Hall–Kier alpha value is -1.59. The first-order valence-electron chi connectivity index (χ1n) is 5.21. The highest BCUT2D eigenvalue weighted by molar-refractivity contribution is 7.90. The van der Waals surface area contributed by atoms with Crippen molar-refractivity contribution in [1.82, 2.24) is 4.72 Å². The number of nitrogens with zero attached hydrogens (tertiary/aromatic N) is 1. The number of hydrogen-bond donors (Lipinski definition) is 1. The topological polar surface area (TPSA) is 70.0 Å². The summed E-state index contributed by atoms with van der Waals surface area (Å²) in [5.41, 5.74) is -1.09. The van der Waals surface area contributed by atoms with Crippen molar-refractivity contribution in [2.45, 2.75) is 24.9 Å². The van der Waals surface area contributed by atoms with Crippen LogP contribution in [0.5, 0.6) is 0 Å². The fourth-order valence-electron chi connectivity index (χ4n) is 1.32. The van der Waals surface area contributed by atoms with E-state index in [1.165, 1.54) is 24.3 Å². The van der Waals surface area contributed by atoms with Crippen LogP contribution in [0.15, 0.2) is 24.3 Å². The third-order valence-corrected chi connectivity index (χ3v) is 4.02. The molecule has 19 heavy (non-hydrogen) atoms. The quantitative estimate of drug-likeness (QED) is 0.923. The van der Waals surface area contributed by atoms with Gasteiger partial charge in [0.05, 0.1) is 11.6 Å². The molecule has 1 aromatic carbocycles. The van der Waals surface area contributed by atoms with Gasteiger partial charge < -0.3 is 0 Å². The van der Waals surface area contributed by atoms with Gasteiger partial charge in [0.1, 0.15) is 0 Å². The summed E-state index contributed by atoms with van der Waals surface area (Å²) >= 11 is 0. The van der Waals surface area contributed by atoms with Crippen molar-refractivity contribution in [3.63, 3.8) is 0 Å². The van der Waals surface area contributed by atoms with Crippen LogP contribution in [0.4, 0.5) is 13.2 Å². The Balaban J connectivity index is 2.95. The highest BCUT2D eigenvalue weighted by Crippen LogP contribution is 2.31. The van der Waals surface area contributed by atoms with Gasteiger partial charge in [-0.1, -0.05) is 18.2 Å². The minimum atomic E-state index is -4.55. The van der Waals surface area contributed by atoms with Gasteiger partial charge >= 0.3 is 6.18 Å². The Labute approximate surface area is 108 Å². The molecule has 0 radical (unpaired) electrons. The van der Waals surface area contributed by atoms with E-state index in [0.29, 0.717) is 0 Å². The van der Waals surface area contributed by atoms with Crippen LogP contribution in [-0.4, -0.2) is 13.7 Å². The largest absolute Gasteiger partial charge is 0.416 e. The lowest BCUT2D eigenvalue weighted by Gasteiger charge is -2.13. The smallest absolute Gasteiger partial charge is 0.211 e. The Morgan fingerprint density at radius 1 is 1.37 bits per heavy atom. The Bertz CT molecular complexity index is 591. The average Bonchev–Trinajstić information content (AvgIpc) is 2.34. The molecule has 1 aromatic rings. The summed E-state index contributed by atoms with van der Waals surface area (Å²) in [6, 6.07) is 6.17. The standard InChI is InChI=1S/C11H11F3N2O2S/c1-8(6-15)19(17,18)16-7-9-4-2-3-5-10(9)11(12,13)14/h2-5,8,16H,7H2,1H3. The number of benzene rings is 1. The van der Waals surface area contributed by atoms with Gasteiger partial charge in [-0.3, -0.25) is 0 Å². The van der Waals surface area contributed by atoms with E-state index in [0.717, 1.165) is 13.0 Å². The van der Waals surface area contributed by atoms with Crippen LogP contribution in [-0.2, 0) is 22.7 Å². The van der Waals surface area contributed by atoms with Crippen molar-refractivity contribution in [3.8, 4) is 6.07 Å². The Morgan fingerprint density at radius 3 is 2.47 bits per heavy atom. The predicted molar refractivity (Wildman–Crippen MR) is 62.3 cm³/mol. The molecule has 0 aliphatic heterocycles. The maximum absolute atomic E-state index is 12.7. The summed E-state index contributed by atoms with van der Waals surface area (Å²) in [6.07, 6.45) is -4.55. The highest BCUT2D eigenvalue weighted by Gasteiger charge is 2.33. The second kappa shape index (κ2) is 5.59. The summed E-state index contributed by atoms with van der Waals surface area (Å²) in [5, 5.41) is 7.17. The van der Waals surface area contributed by atoms with Gasteiger partial charge in [0.25, 0.3) is 0 Å². The van der Waals surface area contributed by atoms with Crippen molar-refractivity contribution in [2.24, 2.45) is 0 Å². The van der Waals surface area contributed by atoms with E-state index in [9.17, 15) is 21.6 Å². The molecule has 0 fully saturated rings. The molecule has 1 unspecified atom stereocenters. The fourth-order valence-corrected chi connectivity index (χ4v) is 2.07. The molecule has 0 saturated carbocycles. The van der Waals surface area contributed by atoms with Crippen LogP contribution in [0.2, 0.25) is 0 Å². The van der Waals surface area contributed by atoms with Gasteiger partial charge in [0.15, 0.2) is 5.25 Å². The fraction of sp³-hybridized carbons (Fsp3) is 0.364.